The van der Waals surface area contributed by atoms with Crippen LogP contribution in [0.25, 0.3) is 0 Å². The van der Waals surface area contributed by atoms with Crippen molar-refractivity contribution in [1.29, 1.82) is 0 Å². The Kier molecular flexibility index (Phi) is 3.29. The topological polar surface area (TPSA) is 38.9 Å². The van der Waals surface area contributed by atoms with Crippen LogP contribution in [-0.4, -0.2) is 16.6 Å². The summed E-state index contributed by atoms with van der Waals surface area (Å²) in [5.74, 6) is 0. The molecular weight excluding hydrogens is 196 g/mol. The first-order valence-corrected chi connectivity index (χ1v) is 5.47. The molecule has 2 N–H and O–H groups in total. The fourth-order valence-corrected chi connectivity index (χ4v) is 2.19. The molecule has 11 heavy (non-hydrogen) atoms. The number of thiazole rings is 1. The number of thiocarbonyl (C=S) groups is 1. The van der Waals surface area contributed by atoms with Crippen molar-refractivity contribution < 1.29 is 0 Å². The predicted molar refractivity (Wildman–Crippen MR) is 55.4 cm³/mol. The average Bonchev–Trinajstić information content (AvgIpc) is 2.39. The minimum atomic E-state index is 0.0820. The number of nitrogen functional groups attached to an aromatic ring is 1. The number of hydrogen-bond acceptors (Lipinski definition) is 5. The van der Waals surface area contributed by atoms with Gasteiger partial charge in [0.25, 0.3) is 0 Å². The fraction of sp³-hybridized carbons (Fsp3) is 0.333. The summed E-state index contributed by atoms with van der Waals surface area (Å²) in [7, 11) is 0. The summed E-state index contributed by atoms with van der Waals surface area (Å²) < 4.78 is 0. The summed E-state index contributed by atoms with van der Waals surface area (Å²) in [5.41, 5.74) is 6.37. The largest absolute Gasteiger partial charge is 0.375 e. The maximum absolute atomic E-state index is 5.46. The summed E-state index contributed by atoms with van der Waals surface area (Å²) in [6.45, 7) is 0. The Hall–Kier alpha value is -0.130. The second kappa shape index (κ2) is 4.04. The number of aromatic nitrogens is 1. The first-order chi connectivity index (χ1) is 5.27. The van der Waals surface area contributed by atoms with Crippen LogP contribution in [0.2, 0.25) is 0 Å². The number of hydrogen-bond donors (Lipinski definition) is 1. The molecule has 59 valence electrons. The van der Waals surface area contributed by atoms with Gasteiger partial charge < -0.3 is 5.73 Å². The van der Waals surface area contributed by atoms with Crippen molar-refractivity contribution in [1.82, 2.24) is 4.98 Å². The zero-order valence-electron chi connectivity index (χ0n) is 5.90. The van der Waals surface area contributed by atoms with E-state index in [9.17, 15) is 0 Å². The zero-order chi connectivity index (χ0) is 8.27. The van der Waals surface area contributed by atoms with Crippen molar-refractivity contribution in [2.45, 2.75) is 5.25 Å². The van der Waals surface area contributed by atoms with Gasteiger partial charge in [-0.1, -0.05) is 12.2 Å². The van der Waals surface area contributed by atoms with Crippen LogP contribution in [0.5, 0.6) is 0 Å². The Bertz CT molecular complexity index is 246. The number of nitrogens with zero attached hydrogens (tertiary/aromatic N) is 1. The van der Waals surface area contributed by atoms with Crippen LogP contribution < -0.4 is 5.73 Å². The van der Waals surface area contributed by atoms with Gasteiger partial charge in [-0.25, -0.2) is 4.98 Å². The predicted octanol–water partition coefficient (Wildman–Crippen LogP) is 2.01. The summed E-state index contributed by atoms with van der Waals surface area (Å²) >= 11 is 7.76. The third-order valence-corrected chi connectivity index (χ3v) is 3.06. The minimum Gasteiger partial charge on any atom is -0.375 e. The molecule has 0 fully saturated rings. The first kappa shape index (κ1) is 8.96. The van der Waals surface area contributed by atoms with Crippen molar-refractivity contribution in [3.05, 3.63) is 11.1 Å². The standard InChI is InChI=1S/C6H7N2S3/c1-10-5(2-9)4-3-11-6(7)8-4/h3,5H,1H3,(H2,7,8). The van der Waals surface area contributed by atoms with Gasteiger partial charge in [0.05, 0.1) is 10.9 Å². The summed E-state index contributed by atoms with van der Waals surface area (Å²) in [4.78, 5) is 4.10. The maximum atomic E-state index is 5.46. The molecule has 0 bridgehead atoms. The monoisotopic (exact) mass is 203 g/mol. The van der Waals surface area contributed by atoms with E-state index in [2.05, 4.69) is 10.4 Å². The first-order valence-electron chi connectivity index (χ1n) is 2.89. The van der Waals surface area contributed by atoms with Crippen LogP contribution in [0.4, 0.5) is 5.13 Å². The van der Waals surface area contributed by atoms with E-state index in [0.29, 0.717) is 5.13 Å². The Labute approximate surface area is 79.2 Å². The molecule has 2 nitrogen and oxygen atoms in total. The van der Waals surface area contributed by atoms with Crippen LogP contribution in [-0.2, 0) is 0 Å². The fourth-order valence-electron chi connectivity index (χ4n) is 0.650. The van der Waals surface area contributed by atoms with Crippen molar-refractivity contribution in [2.24, 2.45) is 0 Å². The van der Waals surface area contributed by atoms with Crippen molar-refractivity contribution in [2.75, 3.05) is 12.0 Å². The van der Waals surface area contributed by atoms with Gasteiger partial charge in [-0.15, -0.1) is 23.1 Å². The molecule has 0 amide bonds. The number of rotatable bonds is 3. The average molecular weight is 203 g/mol. The van der Waals surface area contributed by atoms with Gasteiger partial charge in [-0.3, -0.25) is 0 Å². The van der Waals surface area contributed by atoms with Crippen molar-refractivity contribution in [3.63, 3.8) is 0 Å². The molecule has 1 unspecified atom stereocenters. The maximum Gasteiger partial charge on any atom is 0.180 e. The molecule has 0 aliphatic rings. The summed E-state index contributed by atoms with van der Waals surface area (Å²) in [6, 6.07) is 0. The molecule has 1 aromatic rings. The summed E-state index contributed by atoms with van der Waals surface area (Å²) in [6.07, 6.45) is 1.97. The van der Waals surface area contributed by atoms with Gasteiger partial charge in [0, 0.05) is 10.7 Å². The highest BCUT2D eigenvalue weighted by molar-refractivity contribution is 8.00. The highest BCUT2D eigenvalue weighted by atomic mass is 32.2. The quantitative estimate of drug-likeness (QED) is 0.763. The van der Waals surface area contributed by atoms with Gasteiger partial charge in [0.2, 0.25) is 0 Å². The molecule has 0 saturated carbocycles. The number of anilines is 1. The lowest BCUT2D eigenvalue weighted by atomic mass is 10.4. The summed E-state index contributed by atoms with van der Waals surface area (Å²) in [5, 5.41) is 5.30. The molecule has 0 spiro atoms. The number of thioether (sulfide) groups is 1. The van der Waals surface area contributed by atoms with E-state index in [1.165, 1.54) is 11.3 Å². The van der Waals surface area contributed by atoms with Gasteiger partial charge >= 0.3 is 0 Å². The zero-order valence-corrected chi connectivity index (χ0v) is 8.35. The molecule has 1 aromatic heterocycles. The van der Waals surface area contributed by atoms with E-state index >= 15 is 0 Å². The second-order valence-electron chi connectivity index (χ2n) is 1.84. The molecule has 1 atom stereocenters. The second-order valence-corrected chi connectivity index (χ2v) is 3.91. The Balaban J connectivity index is 2.81. The van der Waals surface area contributed by atoms with Gasteiger partial charge in [0.1, 0.15) is 0 Å². The lowest BCUT2D eigenvalue weighted by molar-refractivity contribution is 1.20. The van der Waals surface area contributed by atoms with E-state index in [1.807, 2.05) is 11.6 Å². The molecule has 1 heterocycles. The van der Waals surface area contributed by atoms with E-state index in [0.717, 1.165) is 5.69 Å². The van der Waals surface area contributed by atoms with Crippen LogP contribution in [0.15, 0.2) is 5.38 Å². The molecular formula is C6H7N2S3. The highest BCUT2D eigenvalue weighted by Crippen LogP contribution is 2.26. The third-order valence-electron chi connectivity index (χ3n) is 1.15. The Morgan fingerprint density at radius 3 is 3.00 bits per heavy atom. The normalized spacial score (nSPS) is 12.8. The van der Waals surface area contributed by atoms with E-state index < -0.39 is 0 Å². The Morgan fingerprint density at radius 1 is 1.91 bits per heavy atom. The molecule has 1 rings (SSSR count). The lowest BCUT2D eigenvalue weighted by Crippen LogP contribution is -1.93. The number of nitrogens with two attached hydrogens (primary N) is 1. The van der Waals surface area contributed by atoms with Crippen LogP contribution >= 0.6 is 35.3 Å². The van der Waals surface area contributed by atoms with E-state index in [-0.39, 0.29) is 5.25 Å². The van der Waals surface area contributed by atoms with Crippen LogP contribution in [0.1, 0.15) is 10.9 Å². The molecule has 1 radical (unpaired) electrons. The smallest absolute Gasteiger partial charge is 0.180 e. The minimum absolute atomic E-state index is 0.0820. The SMILES string of the molecule is CSC([C]=S)c1csc(N)n1. The van der Waals surface area contributed by atoms with Gasteiger partial charge in [-0.05, 0) is 6.26 Å². The molecule has 0 aromatic carbocycles. The lowest BCUT2D eigenvalue weighted by Gasteiger charge is -2.01. The molecule has 0 aliphatic carbocycles. The van der Waals surface area contributed by atoms with Gasteiger partial charge in [0.15, 0.2) is 5.13 Å². The Morgan fingerprint density at radius 2 is 2.64 bits per heavy atom. The van der Waals surface area contributed by atoms with E-state index in [1.54, 1.807) is 11.8 Å². The van der Waals surface area contributed by atoms with Crippen molar-refractivity contribution >= 4 is 45.8 Å². The van der Waals surface area contributed by atoms with Crippen molar-refractivity contribution in [3.8, 4) is 0 Å². The van der Waals surface area contributed by atoms with Gasteiger partial charge in [-0.2, -0.15) is 0 Å². The van der Waals surface area contributed by atoms with Crippen LogP contribution in [0, 0.1) is 0 Å². The van der Waals surface area contributed by atoms with E-state index in [4.69, 9.17) is 18.0 Å². The molecule has 0 aliphatic heterocycles. The van der Waals surface area contributed by atoms with Crippen LogP contribution in [0.3, 0.4) is 0 Å². The molecule has 5 heteroatoms. The molecule has 0 saturated heterocycles. The third kappa shape index (κ3) is 2.15. The highest BCUT2D eigenvalue weighted by Gasteiger charge is 2.09.